The van der Waals surface area contributed by atoms with Crippen LogP contribution < -0.4 is 18.9 Å². The van der Waals surface area contributed by atoms with Crippen LogP contribution in [0.1, 0.15) is 18.1 Å². The van der Waals surface area contributed by atoms with Crippen molar-refractivity contribution in [2.24, 2.45) is 0 Å². The summed E-state index contributed by atoms with van der Waals surface area (Å²) < 4.78 is 50.0. The summed E-state index contributed by atoms with van der Waals surface area (Å²) in [6.45, 7) is -1.45. The topological polar surface area (TPSA) is 63.2 Å². The molecule has 0 heterocycles. The van der Waals surface area contributed by atoms with Crippen molar-refractivity contribution in [3.8, 4) is 23.0 Å². The molecule has 0 unspecified atom stereocenters. The minimum Gasteiger partial charge on any atom is -0.493 e. The Balaban J connectivity index is 1.92. The molecule has 156 valence electrons. The van der Waals surface area contributed by atoms with Gasteiger partial charge in [-0.05, 0) is 42.3 Å². The highest BCUT2D eigenvalue weighted by Gasteiger charge is 2.13. The minimum absolute atomic E-state index is 0.0785. The van der Waals surface area contributed by atoms with E-state index >= 15 is 0 Å². The van der Waals surface area contributed by atoms with Crippen molar-refractivity contribution < 1.29 is 37.3 Å². The summed E-state index contributed by atoms with van der Waals surface area (Å²) >= 11 is 0. The highest BCUT2D eigenvalue weighted by atomic mass is 19.3. The largest absolute Gasteiger partial charge is 0.493 e. The lowest BCUT2D eigenvalue weighted by atomic mass is 10.2. The Labute approximate surface area is 167 Å². The Morgan fingerprint density at radius 3 is 2.34 bits per heavy atom. The van der Waals surface area contributed by atoms with E-state index in [4.69, 9.17) is 18.9 Å². The Hall–Kier alpha value is -3.29. The number of alkyl halides is 2. The van der Waals surface area contributed by atoms with Crippen LogP contribution in [0, 0.1) is 0 Å². The number of allylic oxidation sites excluding steroid dienone is 1. The van der Waals surface area contributed by atoms with Crippen LogP contribution >= 0.6 is 0 Å². The third-order valence-corrected chi connectivity index (χ3v) is 3.74. The summed E-state index contributed by atoms with van der Waals surface area (Å²) in [5.41, 5.74) is 1.48. The molecule has 0 atom stereocenters. The predicted octanol–water partition coefficient (Wildman–Crippen LogP) is 4.46. The number of methoxy groups -OCH3 is 2. The molecule has 2 aromatic rings. The number of carbonyl (C=O) groups is 1. The van der Waals surface area contributed by atoms with Crippen molar-refractivity contribution >= 4 is 12.0 Å². The molecule has 6 nitrogen and oxygen atoms in total. The van der Waals surface area contributed by atoms with Crippen LogP contribution in [0.3, 0.4) is 0 Å². The molecule has 8 heteroatoms. The summed E-state index contributed by atoms with van der Waals surface area (Å²) in [4.78, 5) is 12.0. The molecule has 0 saturated heterocycles. The monoisotopic (exact) mass is 408 g/mol. The third-order valence-electron chi connectivity index (χ3n) is 3.74. The summed E-state index contributed by atoms with van der Waals surface area (Å²) in [6, 6.07) is 9.59. The number of carbonyl (C=O) groups excluding carboxylic acids is 1. The van der Waals surface area contributed by atoms with E-state index in [0.29, 0.717) is 17.1 Å². The molecule has 2 aromatic carbocycles. The minimum atomic E-state index is -2.96. The Morgan fingerprint density at radius 1 is 1.00 bits per heavy atom. The van der Waals surface area contributed by atoms with Gasteiger partial charge in [0.1, 0.15) is 6.61 Å². The highest BCUT2D eigenvalue weighted by molar-refractivity contribution is 5.71. The SMILES string of the molecule is C/C=C/c1ccc(OCC(=O)OCc2ccc(OC(F)F)c(OC)c2)c(OC)c1. The van der Waals surface area contributed by atoms with Crippen molar-refractivity contribution in [3.63, 3.8) is 0 Å². The standard InChI is InChI=1S/C21H22F2O6/c1-4-5-14-6-8-16(18(10-14)25-2)27-13-20(24)28-12-15-7-9-17(29-21(22)23)19(11-15)26-3/h4-11,21H,12-13H2,1-3H3/b5-4+. The van der Waals surface area contributed by atoms with E-state index in [-0.39, 0.29) is 24.7 Å². The lowest BCUT2D eigenvalue weighted by Crippen LogP contribution is -2.15. The van der Waals surface area contributed by atoms with E-state index in [0.717, 1.165) is 5.56 Å². The van der Waals surface area contributed by atoms with Gasteiger partial charge in [0.25, 0.3) is 0 Å². The number of hydrogen-bond acceptors (Lipinski definition) is 6. The van der Waals surface area contributed by atoms with Crippen molar-refractivity contribution in [1.82, 2.24) is 0 Å². The molecule has 0 fully saturated rings. The maximum atomic E-state index is 12.4. The number of halogens is 2. The zero-order valence-electron chi connectivity index (χ0n) is 16.3. The predicted molar refractivity (Wildman–Crippen MR) is 103 cm³/mol. The van der Waals surface area contributed by atoms with E-state index in [1.165, 1.54) is 32.4 Å². The van der Waals surface area contributed by atoms with Crippen LogP contribution in [0.4, 0.5) is 8.78 Å². The molecule has 0 aliphatic heterocycles. The van der Waals surface area contributed by atoms with Crippen LogP contribution in [0.15, 0.2) is 42.5 Å². The van der Waals surface area contributed by atoms with Gasteiger partial charge in [-0.15, -0.1) is 0 Å². The number of ether oxygens (including phenoxy) is 5. The molecule has 0 aliphatic carbocycles. The van der Waals surface area contributed by atoms with Crippen LogP contribution in [-0.4, -0.2) is 33.4 Å². The molecular formula is C21H22F2O6. The van der Waals surface area contributed by atoms with E-state index < -0.39 is 12.6 Å². The molecule has 0 aliphatic rings. The fraction of sp³-hybridized carbons (Fsp3) is 0.286. The first-order chi connectivity index (χ1) is 14.0. The molecular weight excluding hydrogens is 386 g/mol. The summed E-state index contributed by atoms with van der Waals surface area (Å²) in [5, 5.41) is 0. The number of benzene rings is 2. The average Bonchev–Trinajstić information content (AvgIpc) is 2.71. The third kappa shape index (κ3) is 6.67. The van der Waals surface area contributed by atoms with Gasteiger partial charge in [0, 0.05) is 0 Å². The first-order valence-corrected chi connectivity index (χ1v) is 8.67. The maximum absolute atomic E-state index is 12.4. The highest BCUT2D eigenvalue weighted by Crippen LogP contribution is 2.30. The molecule has 0 N–H and O–H groups in total. The van der Waals surface area contributed by atoms with Gasteiger partial charge in [0.2, 0.25) is 0 Å². The molecule has 0 radical (unpaired) electrons. The fourth-order valence-electron chi connectivity index (χ4n) is 2.44. The van der Waals surface area contributed by atoms with E-state index in [9.17, 15) is 13.6 Å². The zero-order chi connectivity index (χ0) is 21.2. The molecule has 0 amide bonds. The maximum Gasteiger partial charge on any atom is 0.387 e. The number of esters is 1. The second-order valence-electron chi connectivity index (χ2n) is 5.72. The van der Waals surface area contributed by atoms with E-state index in [1.807, 2.05) is 25.1 Å². The van der Waals surface area contributed by atoms with E-state index in [2.05, 4.69) is 4.74 Å². The van der Waals surface area contributed by atoms with Gasteiger partial charge in [0.15, 0.2) is 29.6 Å². The molecule has 0 aromatic heterocycles. The van der Waals surface area contributed by atoms with Gasteiger partial charge in [0.05, 0.1) is 14.2 Å². The van der Waals surface area contributed by atoms with Crippen molar-refractivity contribution in [2.45, 2.75) is 20.1 Å². The second kappa shape index (κ2) is 10.9. The lowest BCUT2D eigenvalue weighted by Gasteiger charge is -2.13. The van der Waals surface area contributed by atoms with Crippen LogP contribution in [-0.2, 0) is 16.1 Å². The first kappa shape index (κ1) is 22.0. The van der Waals surface area contributed by atoms with E-state index in [1.54, 1.807) is 12.1 Å². The first-order valence-electron chi connectivity index (χ1n) is 8.67. The molecule has 29 heavy (non-hydrogen) atoms. The number of hydrogen-bond donors (Lipinski definition) is 0. The Morgan fingerprint density at radius 2 is 1.69 bits per heavy atom. The van der Waals surface area contributed by atoms with Gasteiger partial charge in [-0.3, -0.25) is 0 Å². The molecule has 0 spiro atoms. The van der Waals surface area contributed by atoms with Gasteiger partial charge < -0.3 is 23.7 Å². The second-order valence-corrected chi connectivity index (χ2v) is 5.72. The number of rotatable bonds is 10. The smallest absolute Gasteiger partial charge is 0.387 e. The Bertz CT molecular complexity index is 851. The van der Waals surface area contributed by atoms with Crippen LogP contribution in [0.25, 0.3) is 6.08 Å². The molecule has 0 bridgehead atoms. The van der Waals surface area contributed by atoms with Gasteiger partial charge >= 0.3 is 12.6 Å². The van der Waals surface area contributed by atoms with Crippen LogP contribution in [0.5, 0.6) is 23.0 Å². The van der Waals surface area contributed by atoms with Crippen molar-refractivity contribution in [1.29, 1.82) is 0 Å². The summed E-state index contributed by atoms with van der Waals surface area (Å²) in [7, 11) is 2.83. The van der Waals surface area contributed by atoms with Gasteiger partial charge in [-0.25, -0.2) is 4.79 Å². The normalized spacial score (nSPS) is 10.8. The quantitative estimate of drug-likeness (QED) is 0.541. The zero-order valence-corrected chi connectivity index (χ0v) is 16.3. The molecule has 2 rings (SSSR count). The Kier molecular flexibility index (Phi) is 8.27. The summed E-state index contributed by atoms with van der Waals surface area (Å²) in [6.07, 6.45) is 3.81. The summed E-state index contributed by atoms with van der Waals surface area (Å²) in [5.74, 6) is 0.313. The fourth-order valence-corrected chi connectivity index (χ4v) is 2.44. The van der Waals surface area contributed by atoms with Gasteiger partial charge in [-0.2, -0.15) is 8.78 Å². The van der Waals surface area contributed by atoms with Crippen molar-refractivity contribution in [3.05, 3.63) is 53.6 Å². The van der Waals surface area contributed by atoms with Crippen LogP contribution in [0.2, 0.25) is 0 Å². The lowest BCUT2D eigenvalue weighted by molar-refractivity contribution is -0.147. The van der Waals surface area contributed by atoms with Gasteiger partial charge in [-0.1, -0.05) is 24.3 Å². The van der Waals surface area contributed by atoms with Crippen molar-refractivity contribution in [2.75, 3.05) is 20.8 Å². The average molecular weight is 408 g/mol. The molecule has 0 saturated carbocycles.